The Hall–Kier alpha value is -1.82. The van der Waals surface area contributed by atoms with Crippen LogP contribution in [-0.2, 0) is 9.59 Å². The number of terminal acetylenes is 1. The first kappa shape index (κ1) is 22.2. The van der Waals surface area contributed by atoms with E-state index in [0.29, 0.717) is 6.42 Å². The van der Waals surface area contributed by atoms with E-state index in [1.54, 1.807) is 0 Å². The van der Waals surface area contributed by atoms with Crippen LogP contribution in [0.3, 0.4) is 0 Å². The van der Waals surface area contributed by atoms with E-state index in [-0.39, 0.29) is 46.9 Å². The Labute approximate surface area is 159 Å². The van der Waals surface area contributed by atoms with Gasteiger partial charge in [-0.2, -0.15) is 0 Å². The zero-order valence-electron chi connectivity index (χ0n) is 17.7. The number of hydrogen-bond acceptors (Lipinski definition) is 2. The monoisotopic (exact) mass is 357 g/mol. The van der Waals surface area contributed by atoms with Crippen molar-refractivity contribution in [2.45, 2.75) is 61.8 Å². The van der Waals surface area contributed by atoms with Gasteiger partial charge in [0.15, 0.2) is 0 Å². The summed E-state index contributed by atoms with van der Waals surface area (Å²) in [5.74, 6) is 1.78. The van der Waals surface area contributed by atoms with E-state index in [4.69, 9.17) is 6.42 Å². The smallest absolute Gasteiger partial charge is 0.234 e. The second-order valence-corrected chi connectivity index (χ2v) is 9.51. The Kier molecular flexibility index (Phi) is 7.05. The second-order valence-electron chi connectivity index (χ2n) is 9.51. The third kappa shape index (κ3) is 4.87. The second kappa shape index (κ2) is 8.25. The first-order valence-electron chi connectivity index (χ1n) is 9.44. The van der Waals surface area contributed by atoms with E-state index < -0.39 is 0 Å². The molecular weight excluding hydrogens is 322 g/mol. The minimum absolute atomic E-state index is 0.00648. The topological polar surface area (TPSA) is 37.4 Å². The molecule has 3 atom stereocenters. The van der Waals surface area contributed by atoms with Gasteiger partial charge in [-0.3, -0.25) is 14.5 Å². The number of rotatable bonds is 5. The van der Waals surface area contributed by atoms with Crippen LogP contribution in [-0.4, -0.2) is 23.3 Å². The van der Waals surface area contributed by atoms with Gasteiger partial charge in [0.2, 0.25) is 11.8 Å². The Bertz CT molecular complexity index is 635. The van der Waals surface area contributed by atoms with Crippen LogP contribution in [0.4, 0.5) is 0 Å². The van der Waals surface area contributed by atoms with Crippen molar-refractivity contribution in [3.63, 3.8) is 0 Å². The number of likely N-dealkylation sites (tertiary alicyclic amines) is 1. The molecule has 0 radical (unpaired) electrons. The van der Waals surface area contributed by atoms with E-state index in [1.807, 2.05) is 39.8 Å². The molecule has 1 heterocycles. The molecule has 1 aliphatic rings. The summed E-state index contributed by atoms with van der Waals surface area (Å²) in [7, 11) is 0. The highest BCUT2D eigenvalue weighted by Crippen LogP contribution is 2.46. The quantitative estimate of drug-likeness (QED) is 0.401. The molecule has 0 saturated carbocycles. The minimum atomic E-state index is -0.331. The van der Waals surface area contributed by atoms with Crippen molar-refractivity contribution in [1.82, 2.24) is 4.90 Å². The SMILES string of the molecule is C#CCN1C(=O)C(CC(/C(C)=C/C=C\C)C(C)(C)C)C(C(C)(C)C)C1=O. The van der Waals surface area contributed by atoms with E-state index >= 15 is 0 Å². The molecular formula is C23H35NO2. The molecule has 26 heavy (non-hydrogen) atoms. The van der Waals surface area contributed by atoms with Crippen LogP contribution in [0.5, 0.6) is 0 Å². The molecule has 2 amide bonds. The molecule has 3 unspecified atom stereocenters. The van der Waals surface area contributed by atoms with Gasteiger partial charge in [0.1, 0.15) is 0 Å². The van der Waals surface area contributed by atoms with Crippen molar-refractivity contribution in [2.24, 2.45) is 28.6 Å². The number of hydrogen-bond donors (Lipinski definition) is 0. The zero-order chi connectivity index (χ0) is 20.3. The van der Waals surface area contributed by atoms with Crippen LogP contribution >= 0.6 is 0 Å². The number of carbonyl (C=O) groups excluding carboxylic acids is 2. The third-order valence-electron chi connectivity index (χ3n) is 5.34. The van der Waals surface area contributed by atoms with Crippen molar-refractivity contribution >= 4 is 11.8 Å². The van der Waals surface area contributed by atoms with Crippen molar-refractivity contribution in [1.29, 1.82) is 0 Å². The molecule has 0 aromatic heterocycles. The third-order valence-corrected chi connectivity index (χ3v) is 5.34. The maximum atomic E-state index is 13.0. The first-order valence-corrected chi connectivity index (χ1v) is 9.44. The fraction of sp³-hybridized carbons (Fsp3) is 0.652. The summed E-state index contributed by atoms with van der Waals surface area (Å²) in [5, 5.41) is 0. The molecule has 1 rings (SSSR count). The van der Waals surface area contributed by atoms with Crippen LogP contribution in [0.1, 0.15) is 61.8 Å². The summed E-state index contributed by atoms with van der Waals surface area (Å²) >= 11 is 0. The zero-order valence-corrected chi connectivity index (χ0v) is 17.7. The van der Waals surface area contributed by atoms with Crippen LogP contribution in [0.2, 0.25) is 0 Å². The van der Waals surface area contributed by atoms with Crippen LogP contribution in [0, 0.1) is 40.9 Å². The van der Waals surface area contributed by atoms with Crippen LogP contribution in [0.15, 0.2) is 23.8 Å². The standard InChI is InChI=1S/C23H35NO2/c1-10-12-13-16(3)18(22(4,5)6)15-17-19(23(7,8)9)21(26)24(14-11-2)20(17)25/h2,10,12-13,17-19H,14-15H2,1,3-9H3/b12-10-,16-13+. The van der Waals surface area contributed by atoms with Crippen molar-refractivity contribution in [3.05, 3.63) is 23.8 Å². The largest absolute Gasteiger partial charge is 0.274 e. The normalized spacial score (nSPS) is 23.7. The van der Waals surface area contributed by atoms with Crippen LogP contribution in [0.25, 0.3) is 0 Å². The first-order chi connectivity index (χ1) is 11.9. The Morgan fingerprint density at radius 1 is 1.19 bits per heavy atom. The van der Waals surface area contributed by atoms with Crippen molar-refractivity contribution in [2.75, 3.05) is 6.54 Å². The Morgan fingerprint density at radius 2 is 1.77 bits per heavy atom. The molecule has 144 valence electrons. The fourth-order valence-electron chi connectivity index (χ4n) is 4.09. The predicted molar refractivity (Wildman–Crippen MR) is 108 cm³/mol. The lowest BCUT2D eigenvalue weighted by molar-refractivity contribution is -0.139. The Balaban J connectivity index is 3.32. The molecule has 0 bridgehead atoms. The molecule has 1 saturated heterocycles. The van der Waals surface area contributed by atoms with E-state index in [0.717, 1.165) is 0 Å². The van der Waals surface area contributed by atoms with E-state index in [9.17, 15) is 9.59 Å². The predicted octanol–water partition coefficient (Wildman–Crippen LogP) is 4.84. The number of imide groups is 1. The van der Waals surface area contributed by atoms with E-state index in [1.165, 1.54) is 10.5 Å². The highest BCUT2D eigenvalue weighted by atomic mass is 16.2. The lowest BCUT2D eigenvalue weighted by Crippen LogP contribution is -2.35. The highest BCUT2D eigenvalue weighted by molar-refractivity contribution is 6.05. The van der Waals surface area contributed by atoms with Gasteiger partial charge in [-0.15, -0.1) is 6.42 Å². The van der Waals surface area contributed by atoms with Gasteiger partial charge in [-0.1, -0.05) is 71.3 Å². The lowest BCUT2D eigenvalue weighted by atomic mass is 9.66. The minimum Gasteiger partial charge on any atom is -0.274 e. The molecule has 0 aliphatic carbocycles. The number of amides is 2. The summed E-state index contributed by atoms with van der Waals surface area (Å²) in [5.41, 5.74) is 0.941. The number of carbonyl (C=O) groups is 2. The van der Waals surface area contributed by atoms with Gasteiger partial charge >= 0.3 is 0 Å². The van der Waals surface area contributed by atoms with Gasteiger partial charge in [0.25, 0.3) is 0 Å². The van der Waals surface area contributed by atoms with Crippen molar-refractivity contribution in [3.8, 4) is 12.3 Å². The average molecular weight is 358 g/mol. The molecule has 0 aromatic carbocycles. The van der Waals surface area contributed by atoms with Gasteiger partial charge in [0, 0.05) is 0 Å². The summed E-state index contributed by atoms with van der Waals surface area (Å²) in [6, 6.07) is 0. The van der Waals surface area contributed by atoms with Gasteiger partial charge in [-0.05, 0) is 37.0 Å². The lowest BCUT2D eigenvalue weighted by Gasteiger charge is -2.36. The number of allylic oxidation sites excluding steroid dienone is 4. The van der Waals surface area contributed by atoms with Crippen LogP contribution < -0.4 is 0 Å². The summed E-state index contributed by atoms with van der Waals surface area (Å²) in [6.45, 7) is 16.8. The summed E-state index contributed by atoms with van der Waals surface area (Å²) in [4.78, 5) is 27.2. The molecule has 3 nitrogen and oxygen atoms in total. The molecule has 1 fully saturated rings. The molecule has 0 N–H and O–H groups in total. The highest BCUT2D eigenvalue weighted by Gasteiger charge is 2.53. The maximum absolute atomic E-state index is 13.0. The maximum Gasteiger partial charge on any atom is 0.234 e. The molecule has 1 aliphatic heterocycles. The molecule has 0 aromatic rings. The van der Waals surface area contributed by atoms with Gasteiger partial charge in [-0.25, -0.2) is 0 Å². The fourth-order valence-corrected chi connectivity index (χ4v) is 4.09. The van der Waals surface area contributed by atoms with Gasteiger partial charge in [0.05, 0.1) is 18.4 Å². The summed E-state index contributed by atoms with van der Waals surface area (Å²) in [6.07, 6.45) is 12.2. The molecule has 3 heteroatoms. The van der Waals surface area contributed by atoms with Crippen molar-refractivity contribution < 1.29 is 9.59 Å². The van der Waals surface area contributed by atoms with E-state index in [2.05, 4.69) is 39.7 Å². The number of nitrogens with zero attached hydrogens (tertiary/aromatic N) is 1. The average Bonchev–Trinajstić information content (AvgIpc) is 2.73. The van der Waals surface area contributed by atoms with Gasteiger partial charge < -0.3 is 0 Å². The molecule has 0 spiro atoms. The Morgan fingerprint density at radius 3 is 2.19 bits per heavy atom. The summed E-state index contributed by atoms with van der Waals surface area (Å²) < 4.78 is 0.